The van der Waals surface area contributed by atoms with Crippen LogP contribution >= 0.6 is 11.3 Å². The Balaban J connectivity index is 1.73. The number of hydrogen-bond acceptors (Lipinski definition) is 6. The minimum Gasteiger partial charge on any atom is -0.462 e. The van der Waals surface area contributed by atoms with E-state index < -0.39 is 0 Å². The Hall–Kier alpha value is -3.32. The van der Waals surface area contributed by atoms with Crippen LogP contribution in [0.3, 0.4) is 0 Å². The molecule has 0 aliphatic rings. The Kier molecular flexibility index (Phi) is 6.46. The molecule has 164 valence electrons. The first-order chi connectivity index (χ1) is 15.5. The van der Waals surface area contributed by atoms with Crippen molar-refractivity contribution in [2.45, 2.75) is 33.6 Å². The molecule has 0 spiro atoms. The van der Waals surface area contributed by atoms with Crippen LogP contribution in [0.25, 0.3) is 21.3 Å². The highest BCUT2D eigenvalue weighted by molar-refractivity contribution is 7.19. The lowest BCUT2D eigenvalue weighted by Gasteiger charge is -2.11. The second-order valence-electron chi connectivity index (χ2n) is 7.53. The van der Waals surface area contributed by atoms with E-state index in [1.807, 2.05) is 26.0 Å². The topological polar surface area (TPSA) is 64.1 Å². The van der Waals surface area contributed by atoms with E-state index in [2.05, 4.69) is 22.2 Å². The van der Waals surface area contributed by atoms with Gasteiger partial charge in [-0.1, -0.05) is 31.5 Å². The van der Waals surface area contributed by atoms with Crippen LogP contribution < -0.4 is 5.32 Å². The lowest BCUT2D eigenvalue weighted by atomic mass is 10.0. The molecule has 2 aromatic carbocycles. The zero-order valence-corrected chi connectivity index (χ0v) is 19.1. The van der Waals surface area contributed by atoms with Gasteiger partial charge in [-0.25, -0.2) is 19.2 Å². The van der Waals surface area contributed by atoms with Gasteiger partial charge in [-0.15, -0.1) is 11.3 Å². The van der Waals surface area contributed by atoms with Crippen molar-refractivity contribution in [2.24, 2.45) is 0 Å². The number of unbranched alkanes of at least 4 members (excludes halogenated alkanes) is 1. The number of nitrogens with zero attached hydrogens (tertiary/aromatic N) is 2. The van der Waals surface area contributed by atoms with Crippen molar-refractivity contribution in [3.63, 3.8) is 0 Å². The minimum absolute atomic E-state index is 0.279. The minimum atomic E-state index is -0.343. The fraction of sp³-hybridized carbons (Fsp3) is 0.240. The molecule has 0 fully saturated rings. The fourth-order valence-corrected chi connectivity index (χ4v) is 4.62. The third kappa shape index (κ3) is 4.62. The number of carbonyl (C=O) groups excluding carboxylic acids is 1. The molecule has 0 aliphatic heterocycles. The van der Waals surface area contributed by atoms with E-state index in [1.165, 1.54) is 12.1 Å². The summed E-state index contributed by atoms with van der Waals surface area (Å²) in [6.45, 7) is 6.33. The molecule has 1 N–H and O–H groups in total. The van der Waals surface area contributed by atoms with Crippen molar-refractivity contribution < 1.29 is 13.9 Å². The van der Waals surface area contributed by atoms with Crippen LogP contribution in [0.5, 0.6) is 0 Å². The molecule has 0 radical (unpaired) electrons. The summed E-state index contributed by atoms with van der Waals surface area (Å²) >= 11 is 1.58. The van der Waals surface area contributed by atoms with E-state index in [-0.39, 0.29) is 11.8 Å². The second kappa shape index (κ2) is 9.44. The molecular formula is C25H24FN3O2S. The summed E-state index contributed by atoms with van der Waals surface area (Å²) in [6.07, 6.45) is 1.81. The third-order valence-corrected chi connectivity index (χ3v) is 6.06. The van der Waals surface area contributed by atoms with Crippen LogP contribution in [0.4, 0.5) is 15.9 Å². The second-order valence-corrected chi connectivity index (χ2v) is 8.74. The number of hydrogen-bond donors (Lipinski definition) is 1. The Morgan fingerprint density at radius 1 is 1.12 bits per heavy atom. The molecule has 0 bridgehead atoms. The van der Waals surface area contributed by atoms with E-state index in [9.17, 15) is 9.18 Å². The zero-order valence-electron chi connectivity index (χ0n) is 18.2. The van der Waals surface area contributed by atoms with Gasteiger partial charge in [0.2, 0.25) is 0 Å². The molecule has 0 saturated carbocycles. The van der Waals surface area contributed by atoms with Crippen LogP contribution in [0.1, 0.15) is 40.8 Å². The zero-order chi connectivity index (χ0) is 22.7. The highest BCUT2D eigenvalue weighted by Gasteiger charge is 2.18. The van der Waals surface area contributed by atoms with Crippen molar-refractivity contribution >= 4 is 39.0 Å². The Morgan fingerprint density at radius 2 is 1.91 bits per heavy atom. The SMILES string of the molecule is CCCCOC(=O)c1cccc(Nc2nc(C)nc3sc(C)c(-c4ccc(F)cc4)c23)c1. The summed E-state index contributed by atoms with van der Waals surface area (Å²) in [5, 5.41) is 4.23. The molecular weight excluding hydrogens is 425 g/mol. The molecule has 7 heteroatoms. The van der Waals surface area contributed by atoms with E-state index in [4.69, 9.17) is 4.74 Å². The summed E-state index contributed by atoms with van der Waals surface area (Å²) in [7, 11) is 0. The van der Waals surface area contributed by atoms with Crippen LogP contribution in [0, 0.1) is 19.7 Å². The number of halogens is 1. The van der Waals surface area contributed by atoms with Gasteiger partial charge < -0.3 is 10.1 Å². The number of aryl methyl sites for hydroxylation is 2. The van der Waals surface area contributed by atoms with Crippen LogP contribution in [0.15, 0.2) is 48.5 Å². The molecule has 32 heavy (non-hydrogen) atoms. The van der Waals surface area contributed by atoms with Gasteiger partial charge in [-0.3, -0.25) is 0 Å². The van der Waals surface area contributed by atoms with Gasteiger partial charge in [0, 0.05) is 16.1 Å². The molecule has 5 nitrogen and oxygen atoms in total. The average Bonchev–Trinajstić information content (AvgIpc) is 3.10. The molecule has 2 heterocycles. The quantitative estimate of drug-likeness (QED) is 0.248. The summed E-state index contributed by atoms with van der Waals surface area (Å²) in [5.74, 6) is 0.665. The summed E-state index contributed by atoms with van der Waals surface area (Å²) in [4.78, 5) is 23.5. The van der Waals surface area contributed by atoms with Crippen LogP contribution in [-0.4, -0.2) is 22.5 Å². The highest BCUT2D eigenvalue weighted by Crippen LogP contribution is 2.41. The maximum Gasteiger partial charge on any atom is 0.338 e. The molecule has 0 unspecified atom stereocenters. The number of esters is 1. The Bertz CT molecular complexity index is 1270. The first-order valence-corrected chi connectivity index (χ1v) is 11.4. The molecule has 0 aliphatic carbocycles. The lowest BCUT2D eigenvalue weighted by Crippen LogP contribution is -2.07. The fourth-order valence-electron chi connectivity index (χ4n) is 3.53. The largest absolute Gasteiger partial charge is 0.462 e. The molecule has 4 rings (SSSR count). The number of aromatic nitrogens is 2. The number of ether oxygens (including phenoxy) is 1. The monoisotopic (exact) mass is 449 g/mol. The Labute approximate surface area is 190 Å². The molecule has 0 amide bonds. The summed E-state index contributed by atoms with van der Waals surface area (Å²) in [6, 6.07) is 13.6. The van der Waals surface area contributed by atoms with Crippen molar-refractivity contribution in [1.82, 2.24) is 9.97 Å². The van der Waals surface area contributed by atoms with Gasteiger partial charge in [-0.05, 0) is 56.2 Å². The number of nitrogens with one attached hydrogen (secondary N) is 1. The molecule has 0 saturated heterocycles. The van der Waals surface area contributed by atoms with Gasteiger partial charge in [0.05, 0.1) is 17.6 Å². The van der Waals surface area contributed by atoms with E-state index >= 15 is 0 Å². The highest BCUT2D eigenvalue weighted by atomic mass is 32.1. The molecule has 0 atom stereocenters. The maximum atomic E-state index is 13.5. The van der Waals surface area contributed by atoms with Gasteiger partial charge in [0.1, 0.15) is 22.3 Å². The van der Waals surface area contributed by atoms with Gasteiger partial charge in [-0.2, -0.15) is 0 Å². The number of carbonyl (C=O) groups is 1. The number of benzene rings is 2. The Morgan fingerprint density at radius 3 is 2.66 bits per heavy atom. The van der Waals surface area contributed by atoms with E-state index in [0.717, 1.165) is 44.7 Å². The van der Waals surface area contributed by atoms with Crippen molar-refractivity contribution in [1.29, 1.82) is 0 Å². The first kappa shape index (κ1) is 21.9. The van der Waals surface area contributed by atoms with Crippen molar-refractivity contribution in [2.75, 3.05) is 11.9 Å². The number of rotatable bonds is 7. The first-order valence-electron chi connectivity index (χ1n) is 10.5. The summed E-state index contributed by atoms with van der Waals surface area (Å²) < 4.78 is 18.8. The standard InChI is InChI=1S/C25H24FN3O2S/c1-4-5-13-31-25(30)18-7-6-8-20(14-18)29-23-22-21(17-9-11-19(26)12-10-17)15(2)32-24(22)28-16(3)27-23/h6-12,14H,4-5,13H2,1-3H3,(H,27,28,29). The average molecular weight is 450 g/mol. The predicted molar refractivity (Wildman–Crippen MR) is 127 cm³/mol. The normalized spacial score (nSPS) is 11.0. The van der Waals surface area contributed by atoms with Gasteiger partial charge in [0.25, 0.3) is 0 Å². The maximum absolute atomic E-state index is 13.5. The molecule has 4 aromatic rings. The number of anilines is 2. The van der Waals surface area contributed by atoms with E-state index in [1.54, 1.807) is 35.6 Å². The smallest absolute Gasteiger partial charge is 0.338 e. The molecule has 2 aromatic heterocycles. The van der Waals surface area contributed by atoms with Crippen molar-refractivity contribution in [3.05, 3.63) is 70.6 Å². The summed E-state index contributed by atoms with van der Waals surface area (Å²) in [5.41, 5.74) is 3.08. The van der Waals surface area contributed by atoms with Gasteiger partial charge in [0.15, 0.2) is 0 Å². The van der Waals surface area contributed by atoms with Crippen LogP contribution in [-0.2, 0) is 4.74 Å². The van der Waals surface area contributed by atoms with Crippen LogP contribution in [0.2, 0.25) is 0 Å². The van der Waals surface area contributed by atoms with Gasteiger partial charge >= 0.3 is 5.97 Å². The lowest BCUT2D eigenvalue weighted by molar-refractivity contribution is 0.0500. The van der Waals surface area contributed by atoms with Crippen molar-refractivity contribution in [3.8, 4) is 11.1 Å². The number of thiophene rings is 1. The third-order valence-electron chi connectivity index (χ3n) is 5.06. The van der Waals surface area contributed by atoms with E-state index in [0.29, 0.717) is 23.8 Å². The number of fused-ring (bicyclic) bond motifs is 1. The predicted octanol–water partition coefficient (Wildman–Crippen LogP) is 6.81.